The summed E-state index contributed by atoms with van der Waals surface area (Å²) in [5, 5.41) is 4.56. The van der Waals surface area contributed by atoms with Crippen LogP contribution < -0.4 is 5.32 Å². The maximum Gasteiger partial charge on any atom is 0.138 e. The Kier molecular flexibility index (Phi) is 4.66. The van der Waals surface area contributed by atoms with Crippen LogP contribution in [0, 0.1) is 5.92 Å². The van der Waals surface area contributed by atoms with Crippen molar-refractivity contribution in [1.82, 2.24) is 14.7 Å². The Hall–Kier alpha value is -1.00. The van der Waals surface area contributed by atoms with E-state index in [1.54, 1.807) is 0 Å². The van der Waals surface area contributed by atoms with Gasteiger partial charge in [0.15, 0.2) is 0 Å². The minimum absolute atomic E-state index is 0.687. The molecule has 0 unspecified atom stereocenters. The quantitative estimate of drug-likeness (QED) is 0.812. The van der Waals surface area contributed by atoms with E-state index in [4.69, 9.17) is 4.98 Å². The summed E-state index contributed by atoms with van der Waals surface area (Å²) >= 11 is 1.86. The van der Waals surface area contributed by atoms with Gasteiger partial charge in [-0.25, -0.2) is 4.98 Å². The van der Waals surface area contributed by atoms with E-state index in [0.717, 1.165) is 29.5 Å². The number of rotatable bonds is 6. The molecular formula is C14H21N3S. The molecule has 1 N–H and O–H groups in total. The molecule has 18 heavy (non-hydrogen) atoms. The maximum absolute atomic E-state index is 4.72. The zero-order valence-corrected chi connectivity index (χ0v) is 12.1. The van der Waals surface area contributed by atoms with Crippen molar-refractivity contribution in [3.8, 4) is 0 Å². The van der Waals surface area contributed by atoms with Crippen molar-refractivity contribution in [3.63, 3.8) is 0 Å². The van der Waals surface area contributed by atoms with Gasteiger partial charge in [0.25, 0.3) is 0 Å². The van der Waals surface area contributed by atoms with Crippen LogP contribution in [0.25, 0.3) is 5.65 Å². The molecule has 2 rings (SSSR count). The van der Waals surface area contributed by atoms with E-state index in [0.29, 0.717) is 5.92 Å². The zero-order valence-electron chi connectivity index (χ0n) is 11.3. The molecule has 4 heteroatoms. The van der Waals surface area contributed by atoms with E-state index in [9.17, 15) is 0 Å². The molecular weight excluding hydrogens is 242 g/mol. The van der Waals surface area contributed by atoms with Crippen LogP contribution in [0.4, 0.5) is 0 Å². The average Bonchev–Trinajstić information content (AvgIpc) is 2.71. The molecule has 0 atom stereocenters. The minimum atomic E-state index is 0.687. The summed E-state index contributed by atoms with van der Waals surface area (Å²) < 4.78 is 2.19. The normalized spacial score (nSPS) is 11.6. The van der Waals surface area contributed by atoms with E-state index in [-0.39, 0.29) is 0 Å². The largest absolute Gasteiger partial charge is 0.311 e. The highest BCUT2D eigenvalue weighted by Gasteiger charge is 2.12. The molecule has 0 aliphatic carbocycles. The third-order valence-electron chi connectivity index (χ3n) is 2.69. The van der Waals surface area contributed by atoms with Crippen LogP contribution in [0.15, 0.2) is 29.4 Å². The first-order chi connectivity index (χ1) is 8.72. The third kappa shape index (κ3) is 3.06. The Morgan fingerprint density at radius 1 is 1.39 bits per heavy atom. The highest BCUT2D eigenvalue weighted by molar-refractivity contribution is 7.99. The van der Waals surface area contributed by atoms with Crippen molar-refractivity contribution < 1.29 is 0 Å². The molecule has 0 radical (unpaired) electrons. The van der Waals surface area contributed by atoms with Gasteiger partial charge in [0.1, 0.15) is 10.7 Å². The van der Waals surface area contributed by atoms with Crippen molar-refractivity contribution in [2.45, 2.75) is 32.3 Å². The molecule has 0 saturated heterocycles. The topological polar surface area (TPSA) is 29.3 Å². The molecule has 98 valence electrons. The van der Waals surface area contributed by atoms with E-state index < -0.39 is 0 Å². The maximum atomic E-state index is 4.72. The average molecular weight is 263 g/mol. The monoisotopic (exact) mass is 263 g/mol. The standard InChI is InChI=1S/C14H21N3S/c1-4-15-9-12-14(18-10-11(2)3)16-13-7-5-6-8-17(12)13/h5-8,11,15H,4,9-10H2,1-3H3. The number of imidazole rings is 1. The van der Waals surface area contributed by atoms with Gasteiger partial charge in [0, 0.05) is 18.5 Å². The van der Waals surface area contributed by atoms with E-state index >= 15 is 0 Å². The Bertz CT molecular complexity index is 505. The molecule has 3 nitrogen and oxygen atoms in total. The molecule has 0 aliphatic heterocycles. The van der Waals surface area contributed by atoms with Crippen molar-refractivity contribution >= 4 is 17.4 Å². The Morgan fingerprint density at radius 2 is 2.22 bits per heavy atom. The van der Waals surface area contributed by atoms with Crippen molar-refractivity contribution in [2.24, 2.45) is 5.92 Å². The van der Waals surface area contributed by atoms with E-state index in [2.05, 4.69) is 48.8 Å². The molecule has 0 aromatic carbocycles. The van der Waals surface area contributed by atoms with Crippen molar-refractivity contribution in [1.29, 1.82) is 0 Å². The zero-order chi connectivity index (χ0) is 13.0. The number of pyridine rings is 1. The lowest BCUT2D eigenvalue weighted by molar-refractivity contribution is 0.693. The number of thioether (sulfide) groups is 1. The lowest BCUT2D eigenvalue weighted by atomic mass is 10.3. The number of nitrogens with zero attached hydrogens (tertiary/aromatic N) is 2. The van der Waals surface area contributed by atoms with Gasteiger partial charge in [-0.15, -0.1) is 11.8 Å². The summed E-state index contributed by atoms with van der Waals surface area (Å²) in [6.45, 7) is 8.47. The lowest BCUT2D eigenvalue weighted by Gasteiger charge is -2.06. The third-order valence-corrected chi connectivity index (χ3v) is 4.12. The van der Waals surface area contributed by atoms with Crippen molar-refractivity contribution in [3.05, 3.63) is 30.1 Å². The summed E-state index contributed by atoms with van der Waals surface area (Å²) in [6, 6.07) is 6.16. The smallest absolute Gasteiger partial charge is 0.138 e. The number of hydrogen-bond acceptors (Lipinski definition) is 3. The molecule has 0 amide bonds. The van der Waals surface area contributed by atoms with E-state index in [1.165, 1.54) is 5.69 Å². The first-order valence-corrected chi connectivity index (χ1v) is 7.50. The molecule has 0 spiro atoms. The van der Waals surface area contributed by atoms with Crippen LogP contribution >= 0.6 is 11.8 Å². The van der Waals surface area contributed by atoms with Crippen LogP contribution in [0.3, 0.4) is 0 Å². The van der Waals surface area contributed by atoms with Crippen LogP contribution in [0.1, 0.15) is 26.5 Å². The summed E-state index contributed by atoms with van der Waals surface area (Å²) in [7, 11) is 0. The fourth-order valence-electron chi connectivity index (χ4n) is 1.79. The summed E-state index contributed by atoms with van der Waals surface area (Å²) in [5.74, 6) is 1.80. The van der Waals surface area contributed by atoms with Crippen LogP contribution in [-0.4, -0.2) is 21.7 Å². The minimum Gasteiger partial charge on any atom is -0.311 e. The SMILES string of the molecule is CCNCc1c(SCC(C)C)nc2ccccn12. The van der Waals surface area contributed by atoms with Gasteiger partial charge in [0.2, 0.25) is 0 Å². The first-order valence-electron chi connectivity index (χ1n) is 6.51. The lowest BCUT2D eigenvalue weighted by Crippen LogP contribution is -2.14. The highest BCUT2D eigenvalue weighted by Crippen LogP contribution is 2.25. The second-order valence-electron chi connectivity index (χ2n) is 4.78. The van der Waals surface area contributed by atoms with Crippen LogP contribution in [-0.2, 0) is 6.54 Å². The van der Waals surface area contributed by atoms with Gasteiger partial charge in [-0.1, -0.05) is 26.8 Å². The fourth-order valence-corrected chi connectivity index (χ4v) is 2.78. The van der Waals surface area contributed by atoms with Gasteiger partial charge >= 0.3 is 0 Å². The molecule has 2 aromatic heterocycles. The molecule has 0 fully saturated rings. The van der Waals surface area contributed by atoms with Crippen LogP contribution in [0.5, 0.6) is 0 Å². The Balaban J connectivity index is 2.30. The van der Waals surface area contributed by atoms with E-state index in [1.807, 2.05) is 17.8 Å². The number of aromatic nitrogens is 2. The molecule has 0 bridgehead atoms. The van der Waals surface area contributed by atoms with Crippen molar-refractivity contribution in [2.75, 3.05) is 12.3 Å². The first kappa shape index (κ1) is 13.4. The van der Waals surface area contributed by atoms with Gasteiger partial charge in [-0.05, 0) is 24.6 Å². The van der Waals surface area contributed by atoms with Gasteiger partial charge in [-0.3, -0.25) is 0 Å². The molecule has 2 aromatic rings. The Labute approximate surface area is 113 Å². The van der Waals surface area contributed by atoms with Gasteiger partial charge in [0.05, 0.1) is 5.69 Å². The Morgan fingerprint density at radius 3 is 2.94 bits per heavy atom. The molecule has 0 saturated carbocycles. The summed E-state index contributed by atoms with van der Waals surface area (Å²) in [4.78, 5) is 4.72. The number of fused-ring (bicyclic) bond motifs is 1. The predicted molar refractivity (Wildman–Crippen MR) is 78.1 cm³/mol. The van der Waals surface area contributed by atoms with Crippen LogP contribution in [0.2, 0.25) is 0 Å². The number of hydrogen-bond donors (Lipinski definition) is 1. The highest BCUT2D eigenvalue weighted by atomic mass is 32.2. The van der Waals surface area contributed by atoms with Gasteiger partial charge in [-0.2, -0.15) is 0 Å². The second-order valence-corrected chi connectivity index (χ2v) is 5.79. The summed E-state index contributed by atoms with van der Waals surface area (Å²) in [5.41, 5.74) is 2.31. The predicted octanol–water partition coefficient (Wildman–Crippen LogP) is 3.19. The molecule has 2 heterocycles. The second kappa shape index (κ2) is 6.25. The fraction of sp³-hybridized carbons (Fsp3) is 0.500. The number of nitrogens with one attached hydrogen (secondary N) is 1. The molecule has 0 aliphatic rings. The van der Waals surface area contributed by atoms with Gasteiger partial charge < -0.3 is 9.72 Å². The summed E-state index contributed by atoms with van der Waals surface area (Å²) in [6.07, 6.45) is 2.09.